The summed E-state index contributed by atoms with van der Waals surface area (Å²) in [6, 6.07) is 7.38. The Kier molecular flexibility index (Phi) is 5.48. The summed E-state index contributed by atoms with van der Waals surface area (Å²) in [4.78, 5) is 16.7. The molecule has 0 saturated heterocycles. The van der Waals surface area contributed by atoms with Crippen LogP contribution < -0.4 is 4.74 Å². The Hall–Kier alpha value is -2.41. The van der Waals surface area contributed by atoms with E-state index in [2.05, 4.69) is 10.1 Å². The van der Waals surface area contributed by atoms with Gasteiger partial charge in [-0.2, -0.15) is 4.98 Å². The van der Waals surface area contributed by atoms with Crippen molar-refractivity contribution in [1.29, 1.82) is 0 Å². The minimum Gasteiger partial charge on any atom is -0.492 e. The van der Waals surface area contributed by atoms with Crippen LogP contribution in [0.4, 0.5) is 0 Å². The molecular formula is C15H19N3O4. The molecule has 7 nitrogen and oxygen atoms in total. The molecule has 0 fully saturated rings. The van der Waals surface area contributed by atoms with Crippen molar-refractivity contribution in [2.45, 2.75) is 12.8 Å². The number of hydrogen-bond donors (Lipinski definition) is 1. The minimum absolute atomic E-state index is 0.0275. The highest BCUT2D eigenvalue weighted by atomic mass is 16.5. The maximum absolute atomic E-state index is 10.5. The fraction of sp³-hybridized carbons (Fsp3) is 0.400. The lowest BCUT2D eigenvalue weighted by Gasteiger charge is -2.10. The topological polar surface area (TPSA) is 88.7 Å². The Morgan fingerprint density at radius 2 is 2.05 bits per heavy atom. The van der Waals surface area contributed by atoms with Gasteiger partial charge in [-0.15, -0.1) is 0 Å². The van der Waals surface area contributed by atoms with E-state index in [0.717, 1.165) is 17.9 Å². The van der Waals surface area contributed by atoms with Gasteiger partial charge in [0.2, 0.25) is 11.7 Å². The number of hydrogen-bond acceptors (Lipinski definition) is 6. The Bertz CT molecular complexity index is 608. The summed E-state index contributed by atoms with van der Waals surface area (Å²) in [5.41, 5.74) is 0.797. The molecule has 0 atom stereocenters. The van der Waals surface area contributed by atoms with Gasteiger partial charge in [0.1, 0.15) is 12.4 Å². The van der Waals surface area contributed by atoms with E-state index in [1.807, 2.05) is 43.3 Å². The van der Waals surface area contributed by atoms with E-state index < -0.39 is 5.97 Å². The van der Waals surface area contributed by atoms with Crippen LogP contribution >= 0.6 is 0 Å². The van der Waals surface area contributed by atoms with Crippen molar-refractivity contribution in [3.05, 3.63) is 30.2 Å². The van der Waals surface area contributed by atoms with E-state index in [1.165, 1.54) is 0 Å². The van der Waals surface area contributed by atoms with Crippen molar-refractivity contribution in [1.82, 2.24) is 15.0 Å². The van der Waals surface area contributed by atoms with Crippen molar-refractivity contribution < 1.29 is 19.2 Å². The molecule has 0 bridgehead atoms. The molecule has 0 aliphatic heterocycles. The highest BCUT2D eigenvalue weighted by molar-refractivity contribution is 5.66. The molecule has 0 aliphatic carbocycles. The van der Waals surface area contributed by atoms with Gasteiger partial charge in [0, 0.05) is 18.5 Å². The third-order valence-corrected chi connectivity index (χ3v) is 2.94. The zero-order valence-corrected chi connectivity index (χ0v) is 12.7. The fourth-order valence-electron chi connectivity index (χ4n) is 1.73. The summed E-state index contributed by atoms with van der Waals surface area (Å²) in [6.45, 7) is 1.47. The zero-order chi connectivity index (χ0) is 15.9. The van der Waals surface area contributed by atoms with Gasteiger partial charge in [0.15, 0.2) is 0 Å². The van der Waals surface area contributed by atoms with Crippen molar-refractivity contribution in [3.8, 4) is 17.1 Å². The Balaban J connectivity index is 1.94. The number of carboxylic acid groups (broad SMARTS) is 1. The summed E-state index contributed by atoms with van der Waals surface area (Å²) >= 11 is 0. The second-order valence-corrected chi connectivity index (χ2v) is 5.08. The number of aromatic nitrogens is 2. The zero-order valence-electron chi connectivity index (χ0n) is 12.7. The first-order valence-corrected chi connectivity index (χ1v) is 6.97. The predicted octanol–water partition coefficient (Wildman–Crippen LogP) is 1.69. The number of nitrogens with zero attached hydrogens (tertiary/aromatic N) is 3. The van der Waals surface area contributed by atoms with Gasteiger partial charge >= 0.3 is 5.97 Å². The van der Waals surface area contributed by atoms with Crippen molar-refractivity contribution in [2.24, 2.45) is 0 Å². The molecular weight excluding hydrogens is 286 g/mol. The van der Waals surface area contributed by atoms with Crippen LogP contribution in [0, 0.1) is 0 Å². The molecule has 1 aromatic heterocycles. The first kappa shape index (κ1) is 16.0. The number of aliphatic carboxylic acids is 1. The smallest absolute Gasteiger partial charge is 0.303 e. The normalized spacial score (nSPS) is 10.9. The van der Waals surface area contributed by atoms with Gasteiger partial charge in [-0.3, -0.25) is 4.79 Å². The summed E-state index contributed by atoms with van der Waals surface area (Å²) in [5.74, 6) is 0.656. The second kappa shape index (κ2) is 7.56. The maximum atomic E-state index is 10.5. The molecule has 22 heavy (non-hydrogen) atoms. The molecule has 1 heterocycles. The molecule has 0 saturated carbocycles. The van der Waals surface area contributed by atoms with Gasteiger partial charge in [-0.05, 0) is 38.4 Å². The predicted molar refractivity (Wildman–Crippen MR) is 79.7 cm³/mol. The average molecular weight is 305 g/mol. The molecule has 118 valence electrons. The Morgan fingerprint density at radius 1 is 1.32 bits per heavy atom. The maximum Gasteiger partial charge on any atom is 0.303 e. The fourth-order valence-corrected chi connectivity index (χ4v) is 1.73. The van der Waals surface area contributed by atoms with Gasteiger partial charge < -0.3 is 19.3 Å². The first-order valence-electron chi connectivity index (χ1n) is 6.97. The van der Waals surface area contributed by atoms with Gasteiger partial charge in [0.05, 0.1) is 6.42 Å². The van der Waals surface area contributed by atoms with E-state index >= 15 is 0 Å². The largest absolute Gasteiger partial charge is 0.492 e. The molecule has 0 radical (unpaired) electrons. The molecule has 2 aromatic rings. The molecule has 1 N–H and O–H groups in total. The molecule has 2 rings (SSSR count). The van der Waals surface area contributed by atoms with E-state index in [-0.39, 0.29) is 12.8 Å². The summed E-state index contributed by atoms with van der Waals surface area (Å²) in [6.07, 6.45) is 0.203. The number of ether oxygens (including phenoxy) is 1. The van der Waals surface area contributed by atoms with Crippen LogP contribution in [0.15, 0.2) is 28.8 Å². The number of carbonyl (C=O) groups is 1. The molecule has 0 aliphatic rings. The third-order valence-electron chi connectivity index (χ3n) is 2.94. The van der Waals surface area contributed by atoms with Crippen LogP contribution in [-0.2, 0) is 11.2 Å². The molecule has 7 heteroatoms. The summed E-state index contributed by atoms with van der Waals surface area (Å²) in [5, 5.41) is 12.5. The SMILES string of the molecule is CN(C)CCOc1ccc(-c2noc(CCC(=O)O)n2)cc1. The Morgan fingerprint density at radius 3 is 2.68 bits per heavy atom. The second-order valence-electron chi connectivity index (χ2n) is 5.08. The van der Waals surface area contributed by atoms with Crippen molar-refractivity contribution >= 4 is 5.97 Å². The number of carboxylic acids is 1. The van der Waals surface area contributed by atoms with Crippen LogP contribution in [0.2, 0.25) is 0 Å². The van der Waals surface area contributed by atoms with Gasteiger partial charge in [-0.1, -0.05) is 5.16 Å². The molecule has 1 aromatic carbocycles. The van der Waals surface area contributed by atoms with Crippen LogP contribution in [0.5, 0.6) is 5.75 Å². The lowest BCUT2D eigenvalue weighted by atomic mass is 10.2. The van der Waals surface area contributed by atoms with Crippen molar-refractivity contribution in [2.75, 3.05) is 27.2 Å². The van der Waals surface area contributed by atoms with E-state index in [1.54, 1.807) is 0 Å². The first-order chi connectivity index (χ1) is 10.5. The molecule has 0 spiro atoms. The number of aryl methyl sites for hydroxylation is 1. The van der Waals surface area contributed by atoms with Crippen LogP contribution in [-0.4, -0.2) is 53.4 Å². The molecule has 0 amide bonds. The number of benzene rings is 1. The third kappa shape index (κ3) is 4.85. The Labute approximate surface area is 128 Å². The summed E-state index contributed by atoms with van der Waals surface area (Å²) < 4.78 is 10.6. The van der Waals surface area contributed by atoms with E-state index in [9.17, 15) is 4.79 Å². The van der Waals surface area contributed by atoms with Crippen LogP contribution in [0.3, 0.4) is 0 Å². The van der Waals surface area contributed by atoms with E-state index in [0.29, 0.717) is 18.3 Å². The standard InChI is InChI=1S/C15H19N3O4/c1-18(2)9-10-21-12-5-3-11(4-6-12)15-16-13(22-17-15)7-8-14(19)20/h3-6H,7-10H2,1-2H3,(H,19,20). The quantitative estimate of drug-likeness (QED) is 0.794. The monoisotopic (exact) mass is 305 g/mol. The van der Waals surface area contributed by atoms with Crippen molar-refractivity contribution in [3.63, 3.8) is 0 Å². The number of rotatable bonds is 8. The minimum atomic E-state index is -0.890. The highest BCUT2D eigenvalue weighted by Gasteiger charge is 2.10. The van der Waals surface area contributed by atoms with Crippen LogP contribution in [0.1, 0.15) is 12.3 Å². The van der Waals surface area contributed by atoms with Crippen LogP contribution in [0.25, 0.3) is 11.4 Å². The highest BCUT2D eigenvalue weighted by Crippen LogP contribution is 2.20. The number of likely N-dealkylation sites (N-methyl/N-ethyl adjacent to an activating group) is 1. The van der Waals surface area contributed by atoms with Gasteiger partial charge in [0.25, 0.3) is 0 Å². The average Bonchev–Trinajstić information content (AvgIpc) is 2.94. The van der Waals surface area contributed by atoms with Gasteiger partial charge in [-0.25, -0.2) is 0 Å². The van der Waals surface area contributed by atoms with E-state index in [4.69, 9.17) is 14.4 Å². The molecule has 0 unspecified atom stereocenters. The lowest BCUT2D eigenvalue weighted by molar-refractivity contribution is -0.137. The lowest BCUT2D eigenvalue weighted by Crippen LogP contribution is -2.19. The summed E-state index contributed by atoms with van der Waals surface area (Å²) in [7, 11) is 3.98.